The summed E-state index contributed by atoms with van der Waals surface area (Å²) >= 11 is 0. The molecule has 0 aromatic carbocycles. The summed E-state index contributed by atoms with van der Waals surface area (Å²) in [5.41, 5.74) is 5.81. The SMILES string of the molecule is Cc1cc(CNC(C(N)=O)C(C)C)oc1C(=O)O. The number of primary amides is 1. The van der Waals surface area contributed by atoms with Crippen molar-refractivity contribution in [3.05, 3.63) is 23.2 Å². The van der Waals surface area contributed by atoms with E-state index in [9.17, 15) is 9.59 Å². The smallest absolute Gasteiger partial charge is 0.372 e. The van der Waals surface area contributed by atoms with E-state index in [1.807, 2.05) is 13.8 Å². The van der Waals surface area contributed by atoms with E-state index in [2.05, 4.69) is 5.32 Å². The van der Waals surface area contributed by atoms with E-state index in [1.165, 1.54) is 0 Å². The number of rotatable bonds is 6. The quantitative estimate of drug-likeness (QED) is 0.699. The Morgan fingerprint density at radius 2 is 2.11 bits per heavy atom. The minimum Gasteiger partial charge on any atom is -0.475 e. The number of nitrogens with two attached hydrogens (primary N) is 1. The molecule has 6 heteroatoms. The predicted molar refractivity (Wildman–Crippen MR) is 65.1 cm³/mol. The van der Waals surface area contributed by atoms with Gasteiger partial charge in [-0.1, -0.05) is 13.8 Å². The summed E-state index contributed by atoms with van der Waals surface area (Å²) in [6, 6.07) is 1.16. The van der Waals surface area contributed by atoms with Crippen molar-refractivity contribution in [1.29, 1.82) is 0 Å². The van der Waals surface area contributed by atoms with Crippen molar-refractivity contribution in [2.75, 3.05) is 0 Å². The molecule has 0 aliphatic heterocycles. The Morgan fingerprint density at radius 1 is 1.50 bits per heavy atom. The monoisotopic (exact) mass is 254 g/mol. The Balaban J connectivity index is 2.71. The highest BCUT2D eigenvalue weighted by Crippen LogP contribution is 2.15. The van der Waals surface area contributed by atoms with Crippen LogP contribution in [-0.4, -0.2) is 23.0 Å². The lowest BCUT2D eigenvalue weighted by atomic mass is 10.0. The minimum atomic E-state index is -1.10. The molecule has 1 amide bonds. The van der Waals surface area contributed by atoms with Crippen molar-refractivity contribution in [1.82, 2.24) is 5.32 Å². The third-order valence-electron chi connectivity index (χ3n) is 2.63. The number of amides is 1. The molecule has 100 valence electrons. The Hall–Kier alpha value is -1.82. The first kappa shape index (κ1) is 14.2. The first-order valence-electron chi connectivity index (χ1n) is 5.68. The zero-order chi connectivity index (χ0) is 13.9. The predicted octanol–water partition coefficient (Wildman–Crippen LogP) is 0.886. The van der Waals surface area contributed by atoms with Crippen LogP contribution in [0, 0.1) is 12.8 Å². The Bertz CT molecular complexity index is 451. The lowest BCUT2D eigenvalue weighted by molar-refractivity contribution is -0.121. The summed E-state index contributed by atoms with van der Waals surface area (Å²) in [4.78, 5) is 22.0. The summed E-state index contributed by atoms with van der Waals surface area (Å²) in [5.74, 6) is -1.10. The summed E-state index contributed by atoms with van der Waals surface area (Å²) < 4.78 is 5.17. The normalized spacial score (nSPS) is 12.7. The zero-order valence-electron chi connectivity index (χ0n) is 10.7. The lowest BCUT2D eigenvalue weighted by Crippen LogP contribution is -2.44. The molecule has 0 aliphatic carbocycles. The largest absolute Gasteiger partial charge is 0.475 e. The molecule has 0 saturated carbocycles. The molecule has 0 saturated heterocycles. The summed E-state index contributed by atoms with van der Waals surface area (Å²) in [5, 5.41) is 11.8. The Morgan fingerprint density at radius 3 is 2.50 bits per heavy atom. The molecule has 0 fully saturated rings. The number of carboxylic acid groups (broad SMARTS) is 1. The second kappa shape index (κ2) is 5.68. The van der Waals surface area contributed by atoms with Crippen LogP contribution >= 0.6 is 0 Å². The number of hydrogen-bond donors (Lipinski definition) is 3. The molecule has 0 spiro atoms. The molecule has 4 N–H and O–H groups in total. The molecule has 0 radical (unpaired) electrons. The van der Waals surface area contributed by atoms with E-state index < -0.39 is 17.9 Å². The lowest BCUT2D eigenvalue weighted by Gasteiger charge is -2.17. The van der Waals surface area contributed by atoms with Crippen LogP contribution in [0.3, 0.4) is 0 Å². The van der Waals surface area contributed by atoms with Crippen LogP contribution < -0.4 is 11.1 Å². The summed E-state index contributed by atoms with van der Waals surface area (Å²) in [7, 11) is 0. The molecular weight excluding hydrogens is 236 g/mol. The number of furan rings is 1. The molecule has 0 bridgehead atoms. The van der Waals surface area contributed by atoms with Gasteiger partial charge < -0.3 is 15.3 Å². The highest BCUT2D eigenvalue weighted by Gasteiger charge is 2.20. The second-order valence-corrected chi connectivity index (χ2v) is 4.53. The molecule has 1 rings (SSSR count). The average Bonchev–Trinajstić information content (AvgIpc) is 2.58. The fourth-order valence-electron chi connectivity index (χ4n) is 1.72. The maximum atomic E-state index is 11.2. The van der Waals surface area contributed by atoms with Crippen LogP contribution in [-0.2, 0) is 11.3 Å². The van der Waals surface area contributed by atoms with Crippen LogP contribution in [0.4, 0.5) is 0 Å². The van der Waals surface area contributed by atoms with Crippen LogP contribution in [0.15, 0.2) is 10.5 Å². The third kappa shape index (κ3) is 3.33. The number of nitrogens with one attached hydrogen (secondary N) is 1. The van der Waals surface area contributed by atoms with Gasteiger partial charge in [0.1, 0.15) is 5.76 Å². The van der Waals surface area contributed by atoms with E-state index in [4.69, 9.17) is 15.3 Å². The van der Waals surface area contributed by atoms with Crippen molar-refractivity contribution in [2.45, 2.75) is 33.4 Å². The van der Waals surface area contributed by atoms with Crippen molar-refractivity contribution in [2.24, 2.45) is 11.7 Å². The van der Waals surface area contributed by atoms with Crippen LogP contribution in [0.1, 0.15) is 35.7 Å². The van der Waals surface area contributed by atoms with Gasteiger partial charge in [-0.15, -0.1) is 0 Å². The number of carboxylic acids is 1. The fraction of sp³-hybridized carbons (Fsp3) is 0.500. The number of carbonyl (C=O) groups excluding carboxylic acids is 1. The van der Waals surface area contributed by atoms with Gasteiger partial charge in [-0.2, -0.15) is 0 Å². The average molecular weight is 254 g/mol. The Labute approximate surface area is 105 Å². The number of aromatic carboxylic acids is 1. The van der Waals surface area contributed by atoms with Crippen molar-refractivity contribution < 1.29 is 19.1 Å². The molecular formula is C12H18N2O4. The van der Waals surface area contributed by atoms with Gasteiger partial charge >= 0.3 is 5.97 Å². The van der Waals surface area contributed by atoms with E-state index in [-0.39, 0.29) is 18.2 Å². The highest BCUT2D eigenvalue weighted by molar-refractivity contribution is 5.86. The van der Waals surface area contributed by atoms with Crippen molar-refractivity contribution in [3.63, 3.8) is 0 Å². The van der Waals surface area contributed by atoms with Crippen LogP contribution in [0.2, 0.25) is 0 Å². The van der Waals surface area contributed by atoms with Gasteiger partial charge in [0.2, 0.25) is 11.7 Å². The van der Waals surface area contributed by atoms with Gasteiger partial charge in [-0.3, -0.25) is 10.1 Å². The molecule has 1 aromatic heterocycles. The standard InChI is InChI=1S/C12H18N2O4/c1-6(2)9(11(13)15)14-5-8-4-7(3)10(18-8)12(16)17/h4,6,9,14H,5H2,1-3H3,(H2,13,15)(H,16,17). The molecule has 1 atom stereocenters. The van der Waals surface area contributed by atoms with E-state index >= 15 is 0 Å². The maximum Gasteiger partial charge on any atom is 0.372 e. The molecule has 18 heavy (non-hydrogen) atoms. The molecule has 6 nitrogen and oxygen atoms in total. The zero-order valence-corrected chi connectivity index (χ0v) is 10.7. The second-order valence-electron chi connectivity index (χ2n) is 4.53. The third-order valence-corrected chi connectivity index (χ3v) is 2.63. The topological polar surface area (TPSA) is 106 Å². The maximum absolute atomic E-state index is 11.2. The fourth-order valence-corrected chi connectivity index (χ4v) is 1.72. The molecule has 0 aliphatic rings. The van der Waals surface area contributed by atoms with E-state index in [1.54, 1.807) is 13.0 Å². The first-order chi connectivity index (χ1) is 8.32. The van der Waals surface area contributed by atoms with Crippen LogP contribution in [0.5, 0.6) is 0 Å². The molecule has 1 heterocycles. The number of carbonyl (C=O) groups is 2. The van der Waals surface area contributed by atoms with Gasteiger partial charge in [-0.25, -0.2) is 4.79 Å². The van der Waals surface area contributed by atoms with Gasteiger partial charge in [0.05, 0.1) is 12.6 Å². The van der Waals surface area contributed by atoms with Crippen LogP contribution in [0.25, 0.3) is 0 Å². The van der Waals surface area contributed by atoms with E-state index in [0.717, 1.165) is 0 Å². The highest BCUT2D eigenvalue weighted by atomic mass is 16.4. The minimum absolute atomic E-state index is 0.0532. The Kier molecular flexibility index (Phi) is 4.49. The van der Waals surface area contributed by atoms with E-state index in [0.29, 0.717) is 11.3 Å². The van der Waals surface area contributed by atoms with Gasteiger partial charge in [0, 0.05) is 5.56 Å². The molecule has 1 unspecified atom stereocenters. The number of hydrogen-bond acceptors (Lipinski definition) is 4. The summed E-state index contributed by atoms with van der Waals surface area (Å²) in [6.45, 7) is 5.67. The molecule has 1 aromatic rings. The van der Waals surface area contributed by atoms with Crippen molar-refractivity contribution >= 4 is 11.9 Å². The van der Waals surface area contributed by atoms with Gasteiger partial charge in [0.25, 0.3) is 0 Å². The van der Waals surface area contributed by atoms with Gasteiger partial charge in [-0.05, 0) is 18.9 Å². The van der Waals surface area contributed by atoms with Crippen molar-refractivity contribution in [3.8, 4) is 0 Å². The number of aryl methyl sites for hydroxylation is 1. The summed E-state index contributed by atoms with van der Waals surface area (Å²) in [6.07, 6.45) is 0. The first-order valence-corrected chi connectivity index (χ1v) is 5.68. The van der Waals surface area contributed by atoms with Gasteiger partial charge in [0.15, 0.2) is 0 Å².